The van der Waals surface area contributed by atoms with Gasteiger partial charge < -0.3 is 14.5 Å². The summed E-state index contributed by atoms with van der Waals surface area (Å²) in [7, 11) is 0. The Hall–Kier alpha value is -0.610. The number of likely N-dealkylation sites (N-methyl/N-ethyl adjacent to an activating group) is 1. The van der Waals surface area contributed by atoms with Gasteiger partial charge in [0, 0.05) is 13.1 Å². The second-order valence-electron chi connectivity index (χ2n) is 7.86. The molecule has 4 nitrogen and oxygen atoms in total. The molecule has 0 aromatic carbocycles. The lowest BCUT2D eigenvalue weighted by atomic mass is 9.89. The summed E-state index contributed by atoms with van der Waals surface area (Å²) < 4.78 is 6.29. The normalized spacial score (nSPS) is 29.5. The van der Waals surface area contributed by atoms with Crippen molar-refractivity contribution in [2.45, 2.75) is 64.6 Å². The van der Waals surface area contributed by atoms with Crippen LogP contribution < -0.4 is 0 Å². The van der Waals surface area contributed by atoms with Crippen molar-refractivity contribution in [1.82, 2.24) is 9.80 Å². The predicted octanol–water partition coefficient (Wildman–Crippen LogP) is 2.52. The minimum atomic E-state index is -0.409. The van der Waals surface area contributed by atoms with Crippen LogP contribution in [0, 0.1) is 11.8 Å². The van der Waals surface area contributed by atoms with Crippen molar-refractivity contribution in [3.8, 4) is 0 Å². The largest absolute Gasteiger partial charge is 0.360 e. The highest BCUT2D eigenvalue weighted by molar-refractivity contribution is 5.88. The van der Waals surface area contributed by atoms with Crippen LogP contribution in [0.1, 0.15) is 52.9 Å². The summed E-state index contributed by atoms with van der Waals surface area (Å²) in [6.45, 7) is 12.0. The monoisotopic (exact) mass is 308 g/mol. The Morgan fingerprint density at radius 1 is 1.27 bits per heavy atom. The number of hydrogen-bond acceptors (Lipinski definition) is 3. The molecule has 0 aromatic heterocycles. The van der Waals surface area contributed by atoms with Crippen LogP contribution in [-0.4, -0.2) is 60.1 Å². The van der Waals surface area contributed by atoms with Gasteiger partial charge in [0.2, 0.25) is 0 Å². The highest BCUT2D eigenvalue weighted by atomic mass is 16.5. The van der Waals surface area contributed by atoms with E-state index in [4.69, 9.17) is 4.74 Å². The van der Waals surface area contributed by atoms with Crippen LogP contribution in [0.2, 0.25) is 0 Å². The van der Waals surface area contributed by atoms with Crippen molar-refractivity contribution in [2.24, 2.45) is 11.8 Å². The number of carbonyl (C=O) groups excluding carboxylic acids is 1. The number of morpholine rings is 1. The zero-order chi connectivity index (χ0) is 15.7. The van der Waals surface area contributed by atoms with Crippen molar-refractivity contribution in [3.63, 3.8) is 0 Å². The van der Waals surface area contributed by atoms with E-state index < -0.39 is 5.60 Å². The van der Waals surface area contributed by atoms with Crippen LogP contribution in [-0.2, 0) is 9.53 Å². The molecule has 0 radical (unpaired) electrons. The quantitative estimate of drug-likeness (QED) is 0.782. The van der Waals surface area contributed by atoms with Gasteiger partial charge in [-0.05, 0) is 70.5 Å². The maximum absolute atomic E-state index is 12.4. The number of carbonyl (C=O) groups is 1. The summed E-state index contributed by atoms with van der Waals surface area (Å²) in [5.41, 5.74) is -0.409. The minimum Gasteiger partial charge on any atom is -0.360 e. The molecule has 1 unspecified atom stereocenters. The molecule has 0 aromatic rings. The number of hydrogen-bond donors (Lipinski definition) is 0. The second kappa shape index (κ2) is 6.48. The summed E-state index contributed by atoms with van der Waals surface area (Å²) in [5, 5.41) is 0. The lowest BCUT2D eigenvalue weighted by Gasteiger charge is -2.43. The fourth-order valence-corrected chi connectivity index (χ4v) is 3.92. The molecule has 2 saturated heterocycles. The first-order valence-electron chi connectivity index (χ1n) is 9.23. The Morgan fingerprint density at radius 2 is 1.95 bits per heavy atom. The second-order valence-corrected chi connectivity index (χ2v) is 7.86. The molecule has 2 aliphatic heterocycles. The molecule has 0 bridgehead atoms. The summed E-state index contributed by atoms with van der Waals surface area (Å²) in [6, 6.07) is 0. The highest BCUT2D eigenvalue weighted by Crippen LogP contribution is 2.46. The van der Waals surface area contributed by atoms with Crippen molar-refractivity contribution < 1.29 is 9.53 Å². The average Bonchev–Trinajstić information content (AvgIpc) is 3.29. The van der Waals surface area contributed by atoms with Crippen LogP contribution in [0.15, 0.2) is 0 Å². The van der Waals surface area contributed by atoms with Crippen LogP contribution in [0.3, 0.4) is 0 Å². The Bertz CT molecular complexity index is 398. The van der Waals surface area contributed by atoms with Gasteiger partial charge in [-0.25, -0.2) is 0 Å². The molecule has 1 atom stereocenters. The van der Waals surface area contributed by atoms with Gasteiger partial charge in [0.25, 0.3) is 5.91 Å². The Kier molecular flexibility index (Phi) is 4.79. The lowest BCUT2D eigenvalue weighted by molar-refractivity contribution is -0.174. The molecule has 1 saturated carbocycles. The van der Waals surface area contributed by atoms with E-state index in [1.807, 2.05) is 4.90 Å². The number of ether oxygens (including phenoxy) is 1. The summed E-state index contributed by atoms with van der Waals surface area (Å²) in [5.74, 6) is 1.67. The first-order valence-corrected chi connectivity index (χ1v) is 9.23. The SMILES string of the molecule is CCN1CC(C2CCN(CCC(C)C)CC2)OC2(CC2)C1=O. The van der Waals surface area contributed by atoms with Gasteiger partial charge in [0.15, 0.2) is 0 Å². The van der Waals surface area contributed by atoms with Crippen LogP contribution in [0.5, 0.6) is 0 Å². The topological polar surface area (TPSA) is 32.8 Å². The Balaban J connectivity index is 1.52. The van der Waals surface area contributed by atoms with Gasteiger partial charge in [-0.15, -0.1) is 0 Å². The lowest BCUT2D eigenvalue weighted by Crippen LogP contribution is -2.56. The van der Waals surface area contributed by atoms with Crippen molar-refractivity contribution in [2.75, 3.05) is 32.7 Å². The third kappa shape index (κ3) is 3.33. The van der Waals surface area contributed by atoms with Crippen molar-refractivity contribution in [1.29, 1.82) is 0 Å². The number of piperidine rings is 1. The first-order chi connectivity index (χ1) is 10.5. The maximum atomic E-state index is 12.4. The van der Waals surface area contributed by atoms with E-state index >= 15 is 0 Å². The van der Waals surface area contributed by atoms with E-state index in [1.165, 1.54) is 38.9 Å². The zero-order valence-corrected chi connectivity index (χ0v) is 14.5. The molecule has 1 amide bonds. The van der Waals surface area contributed by atoms with Crippen molar-refractivity contribution >= 4 is 5.91 Å². The third-order valence-corrected chi connectivity index (χ3v) is 5.72. The molecule has 3 aliphatic rings. The van der Waals surface area contributed by atoms with Crippen LogP contribution >= 0.6 is 0 Å². The molecular weight excluding hydrogens is 276 g/mol. The standard InChI is InChI=1S/C18H32N2O2/c1-4-20-13-16(22-18(8-9-18)17(20)21)15-6-11-19(12-7-15)10-5-14(2)3/h14-16H,4-13H2,1-3H3. The molecule has 3 fully saturated rings. The molecule has 3 rings (SSSR count). The Labute approximate surface area is 135 Å². The molecule has 1 aliphatic carbocycles. The first kappa shape index (κ1) is 16.3. The number of nitrogens with zero attached hydrogens (tertiary/aromatic N) is 2. The molecule has 4 heteroatoms. The van der Waals surface area contributed by atoms with Gasteiger partial charge in [-0.3, -0.25) is 4.79 Å². The molecule has 0 N–H and O–H groups in total. The van der Waals surface area contributed by atoms with Crippen molar-refractivity contribution in [3.05, 3.63) is 0 Å². The Morgan fingerprint density at radius 3 is 2.50 bits per heavy atom. The minimum absolute atomic E-state index is 0.251. The van der Waals surface area contributed by atoms with E-state index in [9.17, 15) is 4.79 Å². The maximum Gasteiger partial charge on any atom is 0.254 e. The predicted molar refractivity (Wildman–Crippen MR) is 87.7 cm³/mol. The van der Waals surface area contributed by atoms with E-state index in [0.717, 1.165) is 31.8 Å². The van der Waals surface area contributed by atoms with Gasteiger partial charge in [0.1, 0.15) is 5.60 Å². The smallest absolute Gasteiger partial charge is 0.254 e. The number of amides is 1. The zero-order valence-electron chi connectivity index (χ0n) is 14.5. The molecular formula is C18H32N2O2. The summed E-state index contributed by atoms with van der Waals surface area (Å²) >= 11 is 0. The van der Waals surface area contributed by atoms with Gasteiger partial charge in [0.05, 0.1) is 6.10 Å². The van der Waals surface area contributed by atoms with Crippen LogP contribution in [0.4, 0.5) is 0 Å². The third-order valence-electron chi connectivity index (χ3n) is 5.72. The summed E-state index contributed by atoms with van der Waals surface area (Å²) in [6.07, 6.45) is 5.89. The molecule has 22 heavy (non-hydrogen) atoms. The fraction of sp³-hybridized carbons (Fsp3) is 0.944. The number of rotatable bonds is 5. The van der Waals surface area contributed by atoms with E-state index in [1.54, 1.807) is 0 Å². The van der Waals surface area contributed by atoms with E-state index in [0.29, 0.717) is 5.92 Å². The van der Waals surface area contributed by atoms with Crippen LogP contribution in [0.25, 0.3) is 0 Å². The summed E-state index contributed by atoms with van der Waals surface area (Å²) in [4.78, 5) is 17.0. The molecule has 126 valence electrons. The number of likely N-dealkylation sites (tertiary alicyclic amines) is 1. The van der Waals surface area contributed by atoms with Gasteiger partial charge in [-0.2, -0.15) is 0 Å². The van der Waals surface area contributed by atoms with Gasteiger partial charge >= 0.3 is 0 Å². The fourth-order valence-electron chi connectivity index (χ4n) is 3.92. The van der Waals surface area contributed by atoms with Gasteiger partial charge in [-0.1, -0.05) is 13.8 Å². The highest BCUT2D eigenvalue weighted by Gasteiger charge is 2.58. The molecule has 2 heterocycles. The van der Waals surface area contributed by atoms with E-state index in [2.05, 4.69) is 25.7 Å². The van der Waals surface area contributed by atoms with E-state index in [-0.39, 0.29) is 12.0 Å². The average molecular weight is 308 g/mol. The molecule has 1 spiro atoms.